The summed E-state index contributed by atoms with van der Waals surface area (Å²) in [6, 6.07) is 0. The third-order valence-electron chi connectivity index (χ3n) is 5.80. The van der Waals surface area contributed by atoms with E-state index in [-0.39, 0.29) is 24.8 Å². The summed E-state index contributed by atoms with van der Waals surface area (Å²) in [6.07, 6.45) is 16.1. The van der Waals surface area contributed by atoms with E-state index in [1.54, 1.807) is 0 Å². The normalized spacial score (nSPS) is 31.8. The molecule has 0 saturated carbocycles. The van der Waals surface area contributed by atoms with Gasteiger partial charge in [-0.25, -0.2) is 0 Å². The number of hydrogen-bond acceptors (Lipinski definition) is 5. The SMILES string of the molecule is OC1CC(OC2CCCCO2)C=C1CCCCCCCOC1CCCCO1. The number of hydrogen-bond donors (Lipinski definition) is 1. The van der Waals surface area contributed by atoms with E-state index >= 15 is 0 Å². The lowest BCUT2D eigenvalue weighted by atomic mass is 10.0. The predicted molar refractivity (Wildman–Crippen MR) is 104 cm³/mol. The monoisotopic (exact) mass is 382 g/mol. The molecule has 0 amide bonds. The highest BCUT2D eigenvalue weighted by atomic mass is 16.7. The van der Waals surface area contributed by atoms with Gasteiger partial charge in [0.25, 0.3) is 0 Å². The Morgan fingerprint density at radius 3 is 2.33 bits per heavy atom. The predicted octanol–water partition coefficient (Wildman–Crippen LogP) is 4.47. The van der Waals surface area contributed by atoms with Crippen LogP contribution in [-0.4, -0.2) is 49.7 Å². The Bertz CT molecular complexity index is 426. The van der Waals surface area contributed by atoms with Gasteiger partial charge in [0.05, 0.1) is 12.2 Å². The maximum Gasteiger partial charge on any atom is 0.158 e. The van der Waals surface area contributed by atoms with Crippen LogP contribution in [0.2, 0.25) is 0 Å². The second-order valence-electron chi connectivity index (χ2n) is 8.15. The molecule has 4 atom stereocenters. The second kappa shape index (κ2) is 12.2. The van der Waals surface area contributed by atoms with Crippen LogP contribution in [0, 0.1) is 0 Å². The first-order valence-electron chi connectivity index (χ1n) is 11.2. The summed E-state index contributed by atoms with van der Waals surface area (Å²) in [7, 11) is 0. The molecule has 156 valence electrons. The van der Waals surface area contributed by atoms with Gasteiger partial charge in [0, 0.05) is 26.2 Å². The summed E-state index contributed by atoms with van der Waals surface area (Å²) in [5, 5.41) is 10.3. The van der Waals surface area contributed by atoms with Gasteiger partial charge < -0.3 is 24.1 Å². The molecule has 1 aliphatic carbocycles. The lowest BCUT2D eigenvalue weighted by Gasteiger charge is -2.25. The zero-order chi connectivity index (χ0) is 18.7. The standard InChI is InChI=1S/C22H38O5/c23-20-17-19(27-22-12-6-9-15-26-22)16-18(20)10-4-2-1-3-7-13-24-21-11-5-8-14-25-21/h16,19-23H,1-15,17H2. The highest BCUT2D eigenvalue weighted by molar-refractivity contribution is 5.18. The number of rotatable bonds is 11. The van der Waals surface area contributed by atoms with Gasteiger partial charge >= 0.3 is 0 Å². The topological polar surface area (TPSA) is 57.2 Å². The van der Waals surface area contributed by atoms with Crippen molar-refractivity contribution in [2.75, 3.05) is 19.8 Å². The Labute approximate surface area is 164 Å². The van der Waals surface area contributed by atoms with E-state index in [1.165, 1.54) is 38.5 Å². The molecular weight excluding hydrogens is 344 g/mol. The number of aliphatic hydroxyl groups excluding tert-OH is 1. The van der Waals surface area contributed by atoms with Crippen LogP contribution in [0.25, 0.3) is 0 Å². The van der Waals surface area contributed by atoms with Crippen LogP contribution in [0.4, 0.5) is 0 Å². The summed E-state index contributed by atoms with van der Waals surface area (Å²) in [4.78, 5) is 0. The second-order valence-corrected chi connectivity index (χ2v) is 8.15. The molecule has 0 aromatic rings. The van der Waals surface area contributed by atoms with Crippen LogP contribution in [0.5, 0.6) is 0 Å². The van der Waals surface area contributed by atoms with Crippen molar-refractivity contribution in [3.05, 3.63) is 11.6 Å². The molecule has 5 heteroatoms. The zero-order valence-electron chi connectivity index (χ0n) is 16.8. The minimum absolute atomic E-state index is 0.0252. The van der Waals surface area contributed by atoms with Crippen molar-refractivity contribution in [2.45, 2.75) is 108 Å². The first-order valence-corrected chi connectivity index (χ1v) is 11.2. The van der Waals surface area contributed by atoms with Crippen LogP contribution in [-0.2, 0) is 18.9 Å². The highest BCUT2D eigenvalue weighted by Crippen LogP contribution is 2.28. The fourth-order valence-electron chi connectivity index (χ4n) is 4.17. The molecule has 0 bridgehead atoms. The van der Waals surface area contributed by atoms with Gasteiger partial charge in [0.1, 0.15) is 0 Å². The van der Waals surface area contributed by atoms with Crippen LogP contribution in [0.1, 0.15) is 83.5 Å². The van der Waals surface area contributed by atoms with Crippen LogP contribution in [0.3, 0.4) is 0 Å². The van der Waals surface area contributed by atoms with Gasteiger partial charge in [-0.05, 0) is 63.4 Å². The fourth-order valence-corrected chi connectivity index (χ4v) is 4.17. The quantitative estimate of drug-likeness (QED) is 0.422. The molecule has 5 nitrogen and oxygen atoms in total. The minimum Gasteiger partial charge on any atom is -0.389 e. The van der Waals surface area contributed by atoms with Gasteiger partial charge in [0.15, 0.2) is 12.6 Å². The average Bonchev–Trinajstić information content (AvgIpc) is 3.04. The third-order valence-corrected chi connectivity index (χ3v) is 5.80. The molecule has 1 N–H and O–H groups in total. The average molecular weight is 383 g/mol. The van der Waals surface area contributed by atoms with Crippen LogP contribution < -0.4 is 0 Å². The Kier molecular flexibility index (Phi) is 9.59. The molecule has 2 heterocycles. The summed E-state index contributed by atoms with van der Waals surface area (Å²) in [6.45, 7) is 2.47. The molecule has 3 aliphatic rings. The van der Waals surface area contributed by atoms with Gasteiger partial charge in [0.2, 0.25) is 0 Å². The smallest absolute Gasteiger partial charge is 0.158 e. The van der Waals surface area contributed by atoms with E-state index in [4.69, 9.17) is 18.9 Å². The summed E-state index contributed by atoms with van der Waals surface area (Å²) in [5.74, 6) is 0. The summed E-state index contributed by atoms with van der Waals surface area (Å²) in [5.41, 5.74) is 1.16. The van der Waals surface area contributed by atoms with Gasteiger partial charge in [-0.15, -0.1) is 0 Å². The van der Waals surface area contributed by atoms with Gasteiger partial charge in [-0.2, -0.15) is 0 Å². The summed E-state index contributed by atoms with van der Waals surface area (Å²) >= 11 is 0. The Morgan fingerprint density at radius 1 is 0.889 bits per heavy atom. The Balaban J connectivity index is 1.19. The van der Waals surface area contributed by atoms with Crippen molar-refractivity contribution in [3.63, 3.8) is 0 Å². The van der Waals surface area contributed by atoms with E-state index < -0.39 is 0 Å². The molecule has 2 aliphatic heterocycles. The maximum atomic E-state index is 10.3. The maximum absolute atomic E-state index is 10.3. The molecule has 27 heavy (non-hydrogen) atoms. The zero-order valence-corrected chi connectivity index (χ0v) is 16.8. The van der Waals surface area contributed by atoms with E-state index in [0.717, 1.165) is 63.9 Å². The van der Waals surface area contributed by atoms with Crippen molar-refractivity contribution < 1.29 is 24.1 Å². The molecule has 4 unspecified atom stereocenters. The fraction of sp³-hybridized carbons (Fsp3) is 0.909. The minimum atomic E-state index is -0.331. The molecular formula is C22H38O5. The van der Waals surface area contributed by atoms with E-state index in [0.29, 0.717) is 6.42 Å². The van der Waals surface area contributed by atoms with Gasteiger partial charge in [-0.3, -0.25) is 0 Å². The lowest BCUT2D eigenvalue weighted by Crippen LogP contribution is -2.26. The van der Waals surface area contributed by atoms with E-state index in [2.05, 4.69) is 6.08 Å². The lowest BCUT2D eigenvalue weighted by molar-refractivity contribution is -0.179. The van der Waals surface area contributed by atoms with Crippen molar-refractivity contribution in [1.29, 1.82) is 0 Å². The Morgan fingerprint density at radius 2 is 1.59 bits per heavy atom. The van der Waals surface area contributed by atoms with Gasteiger partial charge in [-0.1, -0.05) is 25.3 Å². The number of unbranched alkanes of at least 4 members (excludes halogenated alkanes) is 4. The van der Waals surface area contributed by atoms with Crippen molar-refractivity contribution >= 4 is 0 Å². The molecule has 3 rings (SSSR count). The first kappa shape index (κ1) is 21.3. The highest BCUT2D eigenvalue weighted by Gasteiger charge is 2.27. The molecule has 0 radical (unpaired) electrons. The third kappa shape index (κ3) is 7.82. The van der Waals surface area contributed by atoms with Crippen molar-refractivity contribution in [2.24, 2.45) is 0 Å². The molecule has 0 aromatic carbocycles. The molecule has 2 fully saturated rings. The molecule has 0 aromatic heterocycles. The molecule has 2 saturated heterocycles. The number of ether oxygens (including phenoxy) is 4. The van der Waals surface area contributed by atoms with E-state index in [9.17, 15) is 5.11 Å². The summed E-state index contributed by atoms with van der Waals surface area (Å²) < 4.78 is 23.0. The van der Waals surface area contributed by atoms with Crippen LogP contribution >= 0.6 is 0 Å². The van der Waals surface area contributed by atoms with Crippen molar-refractivity contribution in [1.82, 2.24) is 0 Å². The molecule has 0 spiro atoms. The largest absolute Gasteiger partial charge is 0.389 e. The van der Waals surface area contributed by atoms with Crippen LogP contribution in [0.15, 0.2) is 11.6 Å². The van der Waals surface area contributed by atoms with Crippen molar-refractivity contribution in [3.8, 4) is 0 Å². The Hall–Kier alpha value is -0.460. The first-order chi connectivity index (χ1) is 13.3. The number of aliphatic hydroxyl groups is 1. The van der Waals surface area contributed by atoms with E-state index in [1.807, 2.05) is 0 Å².